The van der Waals surface area contributed by atoms with Crippen LogP contribution in [0.2, 0.25) is 0 Å². The van der Waals surface area contributed by atoms with E-state index < -0.39 is 0 Å². The first-order valence-electron chi connectivity index (χ1n) is 7.03. The second-order valence-corrected chi connectivity index (χ2v) is 6.98. The van der Waals surface area contributed by atoms with Gasteiger partial charge in [-0.3, -0.25) is 4.98 Å². The zero-order chi connectivity index (χ0) is 13.4. The van der Waals surface area contributed by atoms with Gasteiger partial charge >= 0.3 is 0 Å². The molecule has 2 nitrogen and oxygen atoms in total. The van der Waals surface area contributed by atoms with E-state index in [4.69, 9.17) is 5.73 Å². The summed E-state index contributed by atoms with van der Waals surface area (Å²) in [5.41, 5.74) is 9.12. The summed E-state index contributed by atoms with van der Waals surface area (Å²) < 4.78 is 0. The van der Waals surface area contributed by atoms with E-state index in [1.54, 1.807) is 0 Å². The van der Waals surface area contributed by atoms with Gasteiger partial charge in [0.25, 0.3) is 0 Å². The molecule has 1 fully saturated rings. The van der Waals surface area contributed by atoms with Crippen molar-refractivity contribution in [2.24, 2.45) is 17.1 Å². The van der Waals surface area contributed by atoms with Crippen LogP contribution in [-0.4, -0.2) is 4.98 Å². The first kappa shape index (κ1) is 13.5. The lowest BCUT2D eigenvalue weighted by Crippen LogP contribution is -2.42. The first-order chi connectivity index (χ1) is 8.31. The molecule has 2 rings (SSSR count). The third-order valence-corrected chi connectivity index (χ3v) is 4.59. The van der Waals surface area contributed by atoms with Crippen LogP contribution < -0.4 is 5.73 Å². The third kappa shape index (κ3) is 2.74. The molecule has 0 atom stereocenters. The van der Waals surface area contributed by atoms with Crippen LogP contribution in [0.3, 0.4) is 0 Å². The molecule has 18 heavy (non-hydrogen) atoms. The van der Waals surface area contributed by atoms with Crippen LogP contribution in [0, 0.1) is 18.3 Å². The average molecular weight is 246 g/mol. The molecule has 0 spiro atoms. The number of pyridine rings is 1. The summed E-state index contributed by atoms with van der Waals surface area (Å²) in [5.74, 6) is 0.799. The number of hydrogen-bond donors (Lipinski definition) is 1. The fourth-order valence-corrected chi connectivity index (χ4v) is 3.05. The van der Waals surface area contributed by atoms with Crippen molar-refractivity contribution in [2.45, 2.75) is 58.9 Å². The summed E-state index contributed by atoms with van der Waals surface area (Å²) in [6, 6.07) is 4.22. The molecule has 0 saturated heterocycles. The number of hydrogen-bond acceptors (Lipinski definition) is 2. The molecular weight excluding hydrogens is 220 g/mol. The van der Waals surface area contributed by atoms with Gasteiger partial charge < -0.3 is 5.73 Å². The van der Waals surface area contributed by atoms with Crippen LogP contribution in [0.25, 0.3) is 0 Å². The minimum atomic E-state index is -0.150. The maximum Gasteiger partial charge on any atom is 0.0425 e. The molecule has 0 aromatic carbocycles. The van der Waals surface area contributed by atoms with Crippen molar-refractivity contribution in [1.29, 1.82) is 0 Å². The number of nitrogens with zero attached hydrogens (tertiary/aromatic N) is 1. The molecular formula is C16H26N2. The monoisotopic (exact) mass is 246 g/mol. The predicted octanol–water partition coefficient (Wildman–Crippen LogP) is 3.78. The molecule has 1 aromatic heterocycles. The quantitative estimate of drug-likeness (QED) is 0.819. The lowest BCUT2D eigenvalue weighted by molar-refractivity contribution is 0.134. The van der Waals surface area contributed by atoms with E-state index in [1.807, 2.05) is 13.1 Å². The van der Waals surface area contributed by atoms with Crippen LogP contribution in [0.1, 0.15) is 57.7 Å². The molecule has 1 aliphatic carbocycles. The lowest BCUT2D eigenvalue weighted by atomic mass is 9.66. The highest BCUT2D eigenvalue weighted by molar-refractivity contribution is 5.23. The largest absolute Gasteiger partial charge is 0.321 e. The molecule has 1 aromatic rings. The number of aryl methyl sites for hydroxylation is 1. The van der Waals surface area contributed by atoms with Crippen molar-refractivity contribution in [3.63, 3.8) is 0 Å². The highest BCUT2D eigenvalue weighted by atomic mass is 14.8. The molecule has 1 heterocycles. The molecule has 2 heteroatoms. The summed E-state index contributed by atoms with van der Waals surface area (Å²) in [6.45, 7) is 9.04. The zero-order valence-electron chi connectivity index (χ0n) is 12.2. The van der Waals surface area contributed by atoms with E-state index in [0.717, 1.165) is 24.5 Å². The average Bonchev–Trinajstić information content (AvgIpc) is 2.29. The molecule has 1 saturated carbocycles. The highest BCUT2D eigenvalue weighted by Crippen LogP contribution is 2.43. The van der Waals surface area contributed by atoms with E-state index in [1.165, 1.54) is 18.4 Å². The second-order valence-electron chi connectivity index (χ2n) is 6.98. The highest BCUT2D eigenvalue weighted by Gasteiger charge is 2.37. The van der Waals surface area contributed by atoms with Gasteiger partial charge in [-0.25, -0.2) is 0 Å². The van der Waals surface area contributed by atoms with Crippen molar-refractivity contribution >= 4 is 0 Å². The van der Waals surface area contributed by atoms with Crippen LogP contribution in [0.15, 0.2) is 18.3 Å². The second kappa shape index (κ2) is 4.65. The minimum Gasteiger partial charge on any atom is -0.321 e. The Kier molecular flexibility index (Phi) is 3.50. The smallest absolute Gasteiger partial charge is 0.0425 e. The topological polar surface area (TPSA) is 38.9 Å². The predicted molar refractivity (Wildman–Crippen MR) is 76.3 cm³/mol. The maximum atomic E-state index is 6.60. The normalized spacial score (nSPS) is 29.3. The van der Waals surface area contributed by atoms with Crippen molar-refractivity contribution in [1.82, 2.24) is 4.98 Å². The Balaban J connectivity index is 2.10. The summed E-state index contributed by atoms with van der Waals surface area (Å²) >= 11 is 0. The van der Waals surface area contributed by atoms with Gasteiger partial charge in [0.15, 0.2) is 0 Å². The molecule has 1 aliphatic rings. The summed E-state index contributed by atoms with van der Waals surface area (Å²) in [7, 11) is 0. The molecule has 0 unspecified atom stereocenters. The summed E-state index contributed by atoms with van der Waals surface area (Å²) in [6.07, 6.45) is 6.59. The van der Waals surface area contributed by atoms with Crippen molar-refractivity contribution in [3.8, 4) is 0 Å². The Labute approximate surface area is 111 Å². The van der Waals surface area contributed by atoms with Gasteiger partial charge in [0.05, 0.1) is 0 Å². The van der Waals surface area contributed by atoms with Crippen molar-refractivity contribution in [3.05, 3.63) is 29.6 Å². The van der Waals surface area contributed by atoms with Gasteiger partial charge in [-0.2, -0.15) is 0 Å². The van der Waals surface area contributed by atoms with Gasteiger partial charge in [0, 0.05) is 17.4 Å². The summed E-state index contributed by atoms with van der Waals surface area (Å²) in [5, 5.41) is 0. The third-order valence-electron chi connectivity index (χ3n) is 4.59. The molecule has 2 N–H and O–H groups in total. The Morgan fingerprint density at radius 3 is 2.28 bits per heavy atom. The van der Waals surface area contributed by atoms with Crippen molar-refractivity contribution < 1.29 is 0 Å². The number of nitrogens with two attached hydrogens (primary N) is 1. The van der Waals surface area contributed by atoms with Gasteiger partial charge in [-0.05, 0) is 55.6 Å². The fourth-order valence-electron chi connectivity index (χ4n) is 3.05. The Hall–Kier alpha value is -0.890. The van der Waals surface area contributed by atoms with Crippen molar-refractivity contribution in [2.75, 3.05) is 0 Å². The van der Waals surface area contributed by atoms with E-state index in [0.29, 0.717) is 5.41 Å². The first-order valence-corrected chi connectivity index (χ1v) is 7.03. The standard InChI is InChI=1S/C16H26N2/c1-12-5-6-14(11-18-12)16(17)9-7-13(8-10-16)15(2,3)4/h5-6,11,13H,7-10,17H2,1-4H3. The molecule has 0 radical (unpaired) electrons. The van der Waals surface area contributed by atoms with Crippen LogP contribution in [0.5, 0.6) is 0 Å². The van der Waals surface area contributed by atoms with Gasteiger partial charge in [0.2, 0.25) is 0 Å². The van der Waals surface area contributed by atoms with Crippen LogP contribution in [-0.2, 0) is 5.54 Å². The number of aromatic nitrogens is 1. The zero-order valence-corrected chi connectivity index (χ0v) is 12.2. The van der Waals surface area contributed by atoms with Gasteiger partial charge in [0.1, 0.15) is 0 Å². The van der Waals surface area contributed by atoms with E-state index in [2.05, 4.69) is 37.9 Å². The molecule has 0 bridgehead atoms. The Bertz CT molecular complexity index is 392. The Morgan fingerprint density at radius 2 is 1.83 bits per heavy atom. The van der Waals surface area contributed by atoms with Crippen LogP contribution in [0.4, 0.5) is 0 Å². The molecule has 100 valence electrons. The minimum absolute atomic E-state index is 0.150. The van der Waals surface area contributed by atoms with E-state index in [9.17, 15) is 0 Å². The van der Waals surface area contributed by atoms with Crippen LogP contribution >= 0.6 is 0 Å². The molecule has 0 amide bonds. The number of rotatable bonds is 1. The van der Waals surface area contributed by atoms with Gasteiger partial charge in [-0.15, -0.1) is 0 Å². The molecule has 0 aliphatic heterocycles. The Morgan fingerprint density at radius 1 is 1.22 bits per heavy atom. The van der Waals surface area contributed by atoms with Gasteiger partial charge in [-0.1, -0.05) is 26.8 Å². The SMILES string of the molecule is Cc1ccc(C2(N)CCC(C(C)(C)C)CC2)cn1. The summed E-state index contributed by atoms with van der Waals surface area (Å²) in [4.78, 5) is 4.39. The lowest BCUT2D eigenvalue weighted by Gasteiger charge is -2.42. The van der Waals surface area contributed by atoms with E-state index in [-0.39, 0.29) is 5.54 Å². The maximum absolute atomic E-state index is 6.60. The van der Waals surface area contributed by atoms with E-state index >= 15 is 0 Å². The fraction of sp³-hybridized carbons (Fsp3) is 0.688.